The molecule has 1 saturated heterocycles. The molecule has 1 fully saturated rings. The molecule has 0 unspecified atom stereocenters. The number of ether oxygens (including phenoxy) is 3. The van der Waals surface area contributed by atoms with E-state index in [0.29, 0.717) is 24.3 Å². The van der Waals surface area contributed by atoms with Crippen LogP contribution in [0.1, 0.15) is 49.8 Å². The zero-order chi connectivity index (χ0) is 27.3. The third kappa shape index (κ3) is 4.19. The van der Waals surface area contributed by atoms with Gasteiger partial charge in [0, 0.05) is 23.6 Å². The fourth-order valence-corrected chi connectivity index (χ4v) is 5.96. The summed E-state index contributed by atoms with van der Waals surface area (Å²) < 4.78 is 17.1. The molecule has 37 heavy (non-hydrogen) atoms. The highest BCUT2D eigenvalue weighted by Gasteiger charge is 2.69. The van der Waals surface area contributed by atoms with Crippen molar-refractivity contribution in [3.63, 3.8) is 0 Å². The van der Waals surface area contributed by atoms with Gasteiger partial charge in [-0.3, -0.25) is 9.59 Å². The van der Waals surface area contributed by atoms with Gasteiger partial charge in [0.25, 0.3) is 0 Å². The summed E-state index contributed by atoms with van der Waals surface area (Å²) in [6.07, 6.45) is -0.445. The lowest BCUT2D eigenvalue weighted by molar-refractivity contribution is -0.172. The van der Waals surface area contributed by atoms with Gasteiger partial charge >= 0.3 is 17.9 Å². The fourth-order valence-electron chi connectivity index (χ4n) is 5.96. The number of nitrogens with zero attached hydrogens (tertiary/aromatic N) is 1. The number of esters is 2. The lowest BCUT2D eigenvalue weighted by Crippen LogP contribution is -2.71. The number of carboxylic acids is 1. The Morgan fingerprint density at radius 1 is 1.32 bits per heavy atom. The lowest BCUT2D eigenvalue weighted by atomic mass is 9.54. The molecule has 1 aliphatic carbocycles. The van der Waals surface area contributed by atoms with E-state index in [9.17, 15) is 24.6 Å². The van der Waals surface area contributed by atoms with Crippen molar-refractivity contribution in [2.75, 3.05) is 13.6 Å². The zero-order valence-corrected chi connectivity index (χ0v) is 21.4. The molecule has 202 valence electrons. The molecule has 4 rings (SSSR count). The first-order valence-corrected chi connectivity index (χ1v) is 12.3. The number of likely N-dealkylation sites (N-methyl/N-ethyl adjacent to an activating group) is 1. The Bertz CT molecular complexity index is 1150. The molecule has 11 heteroatoms. The van der Waals surface area contributed by atoms with E-state index in [1.54, 1.807) is 12.1 Å². The lowest BCUT2D eigenvalue weighted by Gasteiger charge is -2.58. The third-order valence-corrected chi connectivity index (χ3v) is 8.17. The minimum absolute atomic E-state index is 0.185. The first-order valence-electron chi connectivity index (χ1n) is 12.3. The number of rotatable bonds is 7. The second-order valence-corrected chi connectivity index (χ2v) is 10.2. The maximum Gasteiger partial charge on any atom is 0.352 e. The van der Waals surface area contributed by atoms with Gasteiger partial charge in [-0.1, -0.05) is 12.1 Å². The van der Waals surface area contributed by atoms with Crippen LogP contribution >= 0.6 is 0 Å². The summed E-state index contributed by atoms with van der Waals surface area (Å²) in [5.74, 6) is -2.51. The second-order valence-electron chi connectivity index (χ2n) is 10.2. The summed E-state index contributed by atoms with van der Waals surface area (Å²) in [5, 5.41) is 31.1. The molecule has 2 heterocycles. The number of fused-ring (bicyclic) bond motifs is 1. The van der Waals surface area contributed by atoms with E-state index < -0.39 is 53.6 Å². The van der Waals surface area contributed by atoms with Crippen LogP contribution in [-0.4, -0.2) is 81.6 Å². The SMILES string of the molecule is Cc1ccc(CO)c2c1[C@]13CCN(C)[C@H](C)[C@]1(O)CC=C(OC(=O)[C@H](C)OC(=O)C[C@H](N)C(=O)O)[C@@H]3O2. The molecule has 0 aromatic heterocycles. The average Bonchev–Trinajstić information content (AvgIpc) is 3.21. The van der Waals surface area contributed by atoms with Crippen molar-refractivity contribution in [1.82, 2.24) is 4.90 Å². The highest BCUT2D eigenvalue weighted by atomic mass is 16.6. The van der Waals surface area contributed by atoms with Crippen LogP contribution in [0.3, 0.4) is 0 Å². The molecule has 11 nitrogen and oxygen atoms in total. The van der Waals surface area contributed by atoms with Gasteiger partial charge in [-0.2, -0.15) is 0 Å². The predicted molar refractivity (Wildman–Crippen MR) is 129 cm³/mol. The first-order chi connectivity index (χ1) is 17.4. The quantitative estimate of drug-likeness (QED) is 0.371. The number of carbonyl (C=O) groups excluding carboxylic acids is 2. The van der Waals surface area contributed by atoms with Crippen molar-refractivity contribution in [3.05, 3.63) is 40.7 Å². The van der Waals surface area contributed by atoms with Crippen molar-refractivity contribution in [1.29, 1.82) is 0 Å². The molecule has 5 N–H and O–H groups in total. The van der Waals surface area contributed by atoms with Gasteiger partial charge in [0.05, 0.1) is 24.0 Å². The van der Waals surface area contributed by atoms with E-state index >= 15 is 0 Å². The topological polar surface area (TPSA) is 169 Å². The van der Waals surface area contributed by atoms with Crippen LogP contribution in [0.2, 0.25) is 0 Å². The Balaban J connectivity index is 1.66. The van der Waals surface area contributed by atoms with Crippen LogP contribution in [0.4, 0.5) is 0 Å². The minimum atomic E-state index is -1.45. The predicted octanol–water partition coefficient (Wildman–Crippen LogP) is 0.506. The molecule has 0 saturated carbocycles. The third-order valence-electron chi connectivity index (χ3n) is 8.17. The van der Waals surface area contributed by atoms with Crippen LogP contribution in [0, 0.1) is 6.92 Å². The summed E-state index contributed by atoms with van der Waals surface area (Å²) >= 11 is 0. The number of nitrogens with two attached hydrogens (primary N) is 1. The Hall–Kier alpha value is -2.99. The molecule has 1 aromatic carbocycles. The number of aryl methyl sites for hydroxylation is 1. The van der Waals surface area contributed by atoms with Gasteiger partial charge in [-0.05, 0) is 52.4 Å². The van der Waals surface area contributed by atoms with Crippen molar-refractivity contribution in [2.24, 2.45) is 5.73 Å². The number of aliphatic hydroxyl groups excluding tert-OH is 1. The largest absolute Gasteiger partial charge is 0.481 e. The number of aliphatic hydroxyl groups is 2. The van der Waals surface area contributed by atoms with Crippen LogP contribution in [-0.2, 0) is 35.9 Å². The number of carboxylic acid groups (broad SMARTS) is 1. The Labute approximate surface area is 214 Å². The summed E-state index contributed by atoms with van der Waals surface area (Å²) in [4.78, 5) is 37.9. The monoisotopic (exact) mass is 518 g/mol. The van der Waals surface area contributed by atoms with Crippen LogP contribution in [0.25, 0.3) is 0 Å². The molecule has 1 aromatic rings. The van der Waals surface area contributed by atoms with E-state index in [1.165, 1.54) is 6.92 Å². The summed E-state index contributed by atoms with van der Waals surface area (Å²) in [6.45, 7) is 5.60. The highest BCUT2D eigenvalue weighted by Crippen LogP contribution is 2.61. The van der Waals surface area contributed by atoms with E-state index in [4.69, 9.17) is 25.1 Å². The van der Waals surface area contributed by atoms with Gasteiger partial charge < -0.3 is 40.2 Å². The minimum Gasteiger partial charge on any atom is -0.481 e. The molecular weight excluding hydrogens is 484 g/mol. The maximum absolute atomic E-state index is 12.9. The molecule has 0 radical (unpaired) electrons. The van der Waals surface area contributed by atoms with Crippen molar-refractivity contribution < 1.29 is 43.9 Å². The Morgan fingerprint density at radius 3 is 2.68 bits per heavy atom. The van der Waals surface area contributed by atoms with Gasteiger partial charge in [0.1, 0.15) is 17.6 Å². The zero-order valence-electron chi connectivity index (χ0n) is 21.4. The average molecular weight is 519 g/mol. The number of likely N-dealkylation sites (tertiary alicyclic amines) is 1. The van der Waals surface area contributed by atoms with Gasteiger partial charge in [0.2, 0.25) is 0 Å². The standard InChI is InChI=1S/C26H34N2O9/c1-13-5-6-16(12-29)21-20(13)25-9-10-28(4)15(3)26(25,34)8-7-18(22(25)37-21)36-24(33)14(2)35-19(30)11-17(27)23(31)32/h5-7,14-15,17,22,29,34H,8-12,27H2,1-4H3,(H,31,32)/t14-,15+,17-,22-,25-,26+/m0/s1. The van der Waals surface area contributed by atoms with Gasteiger partial charge in [-0.25, -0.2) is 4.79 Å². The van der Waals surface area contributed by atoms with E-state index in [-0.39, 0.29) is 24.8 Å². The molecule has 3 aliphatic rings. The number of hydrogen-bond donors (Lipinski definition) is 4. The van der Waals surface area contributed by atoms with Crippen molar-refractivity contribution >= 4 is 17.9 Å². The molecule has 2 aliphatic heterocycles. The molecule has 0 amide bonds. The summed E-state index contributed by atoms with van der Waals surface area (Å²) in [6, 6.07) is 1.97. The van der Waals surface area contributed by atoms with Crippen LogP contribution in [0.15, 0.2) is 24.0 Å². The summed E-state index contributed by atoms with van der Waals surface area (Å²) in [7, 11) is 1.95. The molecule has 1 spiro atoms. The maximum atomic E-state index is 12.9. The van der Waals surface area contributed by atoms with E-state index in [2.05, 4.69) is 4.90 Å². The Morgan fingerprint density at radius 2 is 2.03 bits per heavy atom. The van der Waals surface area contributed by atoms with Gasteiger partial charge in [-0.15, -0.1) is 0 Å². The number of piperidine rings is 1. The Kier molecular flexibility index (Phi) is 7.10. The molecule has 0 bridgehead atoms. The van der Waals surface area contributed by atoms with Crippen LogP contribution in [0.5, 0.6) is 5.75 Å². The smallest absolute Gasteiger partial charge is 0.352 e. The molecule has 6 atom stereocenters. The highest BCUT2D eigenvalue weighted by molar-refractivity contribution is 5.84. The number of carbonyl (C=O) groups is 3. The van der Waals surface area contributed by atoms with E-state index in [1.807, 2.05) is 27.0 Å². The molecular formula is C26H34N2O9. The second kappa shape index (κ2) is 9.71. The van der Waals surface area contributed by atoms with Crippen molar-refractivity contribution in [3.8, 4) is 5.75 Å². The first kappa shape index (κ1) is 27.1. The number of aliphatic carboxylic acids is 1. The number of hydrogen-bond acceptors (Lipinski definition) is 10. The normalized spacial score (nSPS) is 30.1. The number of benzene rings is 1. The van der Waals surface area contributed by atoms with Gasteiger partial charge in [0.15, 0.2) is 12.2 Å². The van der Waals surface area contributed by atoms with Crippen molar-refractivity contribution in [2.45, 2.75) is 81.9 Å². The van der Waals surface area contributed by atoms with E-state index in [0.717, 1.165) is 11.1 Å². The summed E-state index contributed by atoms with van der Waals surface area (Å²) in [5.41, 5.74) is 5.44. The fraction of sp³-hybridized carbons (Fsp3) is 0.577. The van der Waals surface area contributed by atoms with Crippen LogP contribution < -0.4 is 10.5 Å².